The van der Waals surface area contributed by atoms with Crippen LogP contribution in [0, 0.1) is 11.8 Å². The average molecular weight is 485 g/mol. The molecule has 6 heteroatoms. The van der Waals surface area contributed by atoms with E-state index in [1.165, 1.54) is 11.1 Å². The highest BCUT2D eigenvalue weighted by atomic mass is 16.5. The number of nitrogens with one attached hydrogen (secondary N) is 4. The number of ether oxygens (including phenoxy) is 1. The second-order valence-corrected chi connectivity index (χ2v) is 9.68. The molecule has 0 saturated carbocycles. The number of fused-ring (bicyclic) bond motifs is 1. The monoisotopic (exact) mass is 484 g/mol. The lowest BCUT2D eigenvalue weighted by molar-refractivity contribution is -0.129. The largest absolute Gasteiger partial charge is 0.494 e. The van der Waals surface area contributed by atoms with E-state index in [-0.39, 0.29) is 36.0 Å². The Kier molecular flexibility index (Phi) is 7.66. The Balaban J connectivity index is 1.39. The normalized spacial score (nSPS) is 25.2. The minimum absolute atomic E-state index is 0.0290. The van der Waals surface area contributed by atoms with Crippen molar-refractivity contribution in [2.24, 2.45) is 11.8 Å². The van der Waals surface area contributed by atoms with Crippen molar-refractivity contribution in [2.75, 3.05) is 6.61 Å². The molecule has 2 heterocycles. The predicted molar refractivity (Wildman–Crippen MR) is 142 cm³/mol. The van der Waals surface area contributed by atoms with Crippen LogP contribution in [0.25, 0.3) is 0 Å². The second-order valence-electron chi connectivity index (χ2n) is 9.68. The van der Waals surface area contributed by atoms with Crippen molar-refractivity contribution in [1.82, 2.24) is 21.5 Å². The summed E-state index contributed by atoms with van der Waals surface area (Å²) in [5.74, 6) is 0.886. The molecule has 3 aromatic rings. The number of carbonyl (C=O) groups is 1. The number of hydrazine groups is 1. The van der Waals surface area contributed by atoms with E-state index in [9.17, 15) is 4.79 Å². The van der Waals surface area contributed by atoms with E-state index in [2.05, 4.69) is 64.8 Å². The van der Waals surface area contributed by atoms with E-state index < -0.39 is 0 Å². The van der Waals surface area contributed by atoms with E-state index in [0.717, 1.165) is 29.7 Å². The van der Waals surface area contributed by atoms with Gasteiger partial charge in [-0.15, -0.1) is 0 Å². The highest BCUT2D eigenvalue weighted by Gasteiger charge is 2.49. The Bertz CT molecular complexity index is 1130. The molecule has 5 unspecified atom stereocenters. The van der Waals surface area contributed by atoms with Crippen molar-refractivity contribution in [3.8, 4) is 5.75 Å². The third-order valence-electron chi connectivity index (χ3n) is 7.49. The minimum Gasteiger partial charge on any atom is -0.494 e. The Morgan fingerprint density at radius 2 is 1.61 bits per heavy atom. The lowest BCUT2D eigenvalue weighted by atomic mass is 9.74. The summed E-state index contributed by atoms with van der Waals surface area (Å²) in [4.78, 5) is 13.7. The summed E-state index contributed by atoms with van der Waals surface area (Å²) in [6.07, 6.45) is 1.71. The van der Waals surface area contributed by atoms with Crippen molar-refractivity contribution in [3.63, 3.8) is 0 Å². The van der Waals surface area contributed by atoms with Crippen LogP contribution in [0.2, 0.25) is 0 Å². The highest BCUT2D eigenvalue weighted by molar-refractivity contribution is 5.79. The summed E-state index contributed by atoms with van der Waals surface area (Å²) >= 11 is 0. The third-order valence-corrected chi connectivity index (χ3v) is 7.49. The third kappa shape index (κ3) is 5.31. The summed E-state index contributed by atoms with van der Waals surface area (Å²) in [5.41, 5.74) is 11.7. The molecule has 3 aromatic carbocycles. The summed E-state index contributed by atoms with van der Waals surface area (Å²) in [6, 6.07) is 27.2. The van der Waals surface area contributed by atoms with Crippen molar-refractivity contribution in [1.29, 1.82) is 0 Å². The minimum atomic E-state index is -0.158. The van der Waals surface area contributed by atoms with Crippen LogP contribution in [-0.4, -0.2) is 18.7 Å². The molecule has 0 radical (unpaired) electrons. The van der Waals surface area contributed by atoms with Crippen LogP contribution in [0.3, 0.4) is 0 Å². The van der Waals surface area contributed by atoms with Gasteiger partial charge in [0, 0.05) is 24.4 Å². The van der Waals surface area contributed by atoms with Gasteiger partial charge in [0.25, 0.3) is 0 Å². The summed E-state index contributed by atoms with van der Waals surface area (Å²) in [7, 11) is 0. The van der Waals surface area contributed by atoms with Gasteiger partial charge in [-0.05, 0) is 54.2 Å². The quantitative estimate of drug-likeness (QED) is 0.381. The molecule has 2 fully saturated rings. The van der Waals surface area contributed by atoms with Gasteiger partial charge < -0.3 is 10.1 Å². The zero-order chi connectivity index (χ0) is 24.9. The molecule has 4 N–H and O–H groups in total. The molecule has 188 valence electrons. The number of aryl methyl sites for hydroxylation is 1. The number of benzene rings is 3. The van der Waals surface area contributed by atoms with Gasteiger partial charge in [-0.3, -0.25) is 10.1 Å². The van der Waals surface area contributed by atoms with Crippen molar-refractivity contribution in [3.05, 3.63) is 101 Å². The van der Waals surface area contributed by atoms with Crippen LogP contribution in [0.4, 0.5) is 0 Å². The summed E-state index contributed by atoms with van der Waals surface area (Å²) in [6.45, 7) is 5.33. The van der Waals surface area contributed by atoms with Crippen LogP contribution >= 0.6 is 0 Å². The molecule has 0 aromatic heterocycles. The molecule has 1 amide bonds. The van der Waals surface area contributed by atoms with E-state index in [0.29, 0.717) is 13.2 Å². The lowest BCUT2D eigenvalue weighted by Crippen LogP contribution is -2.54. The van der Waals surface area contributed by atoms with Gasteiger partial charge in [-0.1, -0.05) is 73.7 Å². The van der Waals surface area contributed by atoms with Crippen LogP contribution in [-0.2, 0) is 17.8 Å². The fraction of sp³-hybridized carbons (Fsp3) is 0.367. The molecule has 36 heavy (non-hydrogen) atoms. The highest BCUT2D eigenvalue weighted by Crippen LogP contribution is 2.42. The SMILES string of the molecule is CCOc1ccc(C2CC(C(=O)NCc3ccccc3)C3C(NNC3c3ccc(CC)cc3)N2)cc1. The molecule has 6 nitrogen and oxygen atoms in total. The first-order valence-corrected chi connectivity index (χ1v) is 13.1. The standard InChI is InChI=1S/C30H36N4O2/c1-3-20-10-12-23(13-11-20)28-27-25(30(35)31-19-21-8-6-5-7-9-21)18-26(32-29(27)34-33-28)22-14-16-24(17-15-22)36-4-2/h5-17,25-29,32-34H,3-4,18-19H2,1-2H3,(H,31,35). The zero-order valence-electron chi connectivity index (χ0n) is 21.0. The molecule has 0 spiro atoms. The molecular formula is C30H36N4O2. The molecule has 2 saturated heterocycles. The number of amides is 1. The first-order chi connectivity index (χ1) is 17.7. The van der Waals surface area contributed by atoms with Crippen molar-refractivity contribution in [2.45, 2.75) is 51.5 Å². The molecular weight excluding hydrogens is 448 g/mol. The lowest BCUT2D eigenvalue weighted by Gasteiger charge is -2.40. The molecule has 5 atom stereocenters. The van der Waals surface area contributed by atoms with Gasteiger partial charge >= 0.3 is 0 Å². The maximum atomic E-state index is 13.7. The van der Waals surface area contributed by atoms with Crippen molar-refractivity contribution >= 4 is 5.91 Å². The smallest absolute Gasteiger partial charge is 0.223 e. The Labute approximate surface area is 213 Å². The number of hydrogen-bond acceptors (Lipinski definition) is 5. The maximum absolute atomic E-state index is 13.7. The predicted octanol–water partition coefficient (Wildman–Crippen LogP) is 4.41. The second kappa shape index (κ2) is 11.2. The fourth-order valence-corrected chi connectivity index (χ4v) is 5.54. The average Bonchev–Trinajstić information content (AvgIpc) is 3.36. The maximum Gasteiger partial charge on any atom is 0.223 e. The number of rotatable bonds is 8. The van der Waals surface area contributed by atoms with Gasteiger partial charge in [0.05, 0.1) is 18.8 Å². The Morgan fingerprint density at radius 3 is 2.31 bits per heavy atom. The number of hydrogen-bond donors (Lipinski definition) is 4. The van der Waals surface area contributed by atoms with Crippen LogP contribution in [0.15, 0.2) is 78.9 Å². The molecule has 5 rings (SSSR count). The van der Waals surface area contributed by atoms with Gasteiger partial charge in [0.2, 0.25) is 5.91 Å². The van der Waals surface area contributed by atoms with Crippen LogP contribution < -0.4 is 26.2 Å². The van der Waals surface area contributed by atoms with E-state index in [1.807, 2.05) is 49.4 Å². The Morgan fingerprint density at radius 1 is 0.889 bits per heavy atom. The summed E-state index contributed by atoms with van der Waals surface area (Å²) in [5, 5.41) is 7.00. The topological polar surface area (TPSA) is 74.4 Å². The first kappa shape index (κ1) is 24.5. The van der Waals surface area contributed by atoms with Crippen molar-refractivity contribution < 1.29 is 9.53 Å². The number of piperidine rings is 1. The van der Waals surface area contributed by atoms with E-state index in [4.69, 9.17) is 4.74 Å². The zero-order valence-corrected chi connectivity index (χ0v) is 21.0. The first-order valence-electron chi connectivity index (χ1n) is 13.1. The van der Waals surface area contributed by atoms with Crippen LogP contribution in [0.1, 0.15) is 54.6 Å². The van der Waals surface area contributed by atoms with Gasteiger partial charge in [-0.2, -0.15) is 0 Å². The van der Waals surface area contributed by atoms with Gasteiger partial charge in [0.1, 0.15) is 5.75 Å². The molecule has 0 aliphatic carbocycles. The molecule has 2 aliphatic rings. The number of carbonyl (C=O) groups excluding carboxylic acids is 1. The molecule has 0 bridgehead atoms. The van der Waals surface area contributed by atoms with Crippen LogP contribution in [0.5, 0.6) is 5.75 Å². The van der Waals surface area contributed by atoms with Gasteiger partial charge in [0.15, 0.2) is 0 Å². The molecule has 2 aliphatic heterocycles. The summed E-state index contributed by atoms with van der Waals surface area (Å²) < 4.78 is 5.62. The van der Waals surface area contributed by atoms with Gasteiger partial charge in [-0.25, -0.2) is 10.9 Å². The fourth-order valence-electron chi connectivity index (χ4n) is 5.54. The Hall–Kier alpha value is -3.19. The van der Waals surface area contributed by atoms with E-state index >= 15 is 0 Å². The van der Waals surface area contributed by atoms with E-state index in [1.54, 1.807) is 0 Å².